The molecule has 1 unspecified atom stereocenters. The zero-order valence-corrected chi connectivity index (χ0v) is 34.4. The number of aliphatic hydroxyl groups is 1. The standard InChI is InChI=1S/C40H57BClN7O9/c1-21-26-18-30(21)40(5)33(19-26)57-41(58-40)24(4)46-37(53)31(8-6-7-17-43)47-35(51)22(2)45-39(55)34(23(3)50)49-38(54)32(20-44)48-36(52)25-9-13-28(14-10-25)56-29-15-11-27(42)12-16-29/h9-16,21-24,26,30-34,50H,6-8,17-20,43-44H2,1-5H3,(H,45,55)(H,46,53)(H,47,51)(H,48,52)(H,49,54)/t21?,22-,23+,24-,26-,30-,31-,32-,33+,34-,40-/m0/s1. The largest absolute Gasteiger partial charge is 0.481 e. The Bertz CT molecular complexity index is 1770. The lowest BCUT2D eigenvalue weighted by atomic mass is 9.51. The van der Waals surface area contributed by atoms with Crippen molar-refractivity contribution in [2.45, 2.75) is 115 Å². The van der Waals surface area contributed by atoms with E-state index in [0.717, 1.165) is 12.8 Å². The van der Waals surface area contributed by atoms with Crippen LogP contribution < -0.4 is 42.8 Å². The van der Waals surface area contributed by atoms with Crippen LogP contribution in [0.5, 0.6) is 11.5 Å². The number of nitrogens with two attached hydrogens (primary N) is 2. The van der Waals surface area contributed by atoms with Gasteiger partial charge < -0.3 is 57.2 Å². The Balaban J connectivity index is 1.13. The van der Waals surface area contributed by atoms with E-state index in [-0.39, 0.29) is 24.6 Å². The Morgan fingerprint density at radius 2 is 1.50 bits per heavy atom. The maximum atomic E-state index is 13.6. The predicted molar refractivity (Wildman–Crippen MR) is 217 cm³/mol. The fourth-order valence-electron chi connectivity index (χ4n) is 7.98. The summed E-state index contributed by atoms with van der Waals surface area (Å²) < 4.78 is 18.5. The van der Waals surface area contributed by atoms with Crippen molar-refractivity contribution in [3.63, 3.8) is 0 Å². The summed E-state index contributed by atoms with van der Waals surface area (Å²) in [5.74, 6) is -1.33. The van der Waals surface area contributed by atoms with Crippen molar-refractivity contribution in [1.82, 2.24) is 26.6 Å². The summed E-state index contributed by atoms with van der Waals surface area (Å²) in [4.78, 5) is 66.6. The van der Waals surface area contributed by atoms with Crippen LogP contribution in [0.15, 0.2) is 48.5 Å². The molecular formula is C40H57BClN7O9. The molecule has 6 rings (SSSR count). The first kappa shape index (κ1) is 44.8. The summed E-state index contributed by atoms with van der Waals surface area (Å²) in [6.45, 7) is 8.94. The molecule has 1 saturated heterocycles. The van der Waals surface area contributed by atoms with E-state index in [1.165, 1.54) is 26.0 Å². The first-order chi connectivity index (χ1) is 27.5. The third kappa shape index (κ3) is 10.7. The molecule has 0 aromatic heterocycles. The molecule has 1 aliphatic heterocycles. The van der Waals surface area contributed by atoms with Crippen molar-refractivity contribution in [3.8, 4) is 11.5 Å². The molecule has 0 radical (unpaired) electrons. The summed E-state index contributed by atoms with van der Waals surface area (Å²) in [5.41, 5.74) is 11.3. The quantitative estimate of drug-likeness (QED) is 0.0746. The highest BCUT2D eigenvalue weighted by Crippen LogP contribution is 2.59. The maximum absolute atomic E-state index is 13.6. The number of halogens is 1. The molecule has 2 bridgehead atoms. The molecule has 5 amide bonds. The summed E-state index contributed by atoms with van der Waals surface area (Å²) in [6.07, 6.45) is 2.07. The molecule has 11 atom stereocenters. The van der Waals surface area contributed by atoms with Gasteiger partial charge in [0.2, 0.25) is 23.6 Å². The number of hydrogen-bond donors (Lipinski definition) is 8. The van der Waals surface area contributed by atoms with E-state index in [1.807, 2.05) is 0 Å². The van der Waals surface area contributed by atoms with Crippen molar-refractivity contribution in [2.24, 2.45) is 29.2 Å². The highest BCUT2D eigenvalue weighted by Gasteiger charge is 2.64. The van der Waals surface area contributed by atoms with Crippen LogP contribution in [0.2, 0.25) is 5.02 Å². The van der Waals surface area contributed by atoms with Crippen LogP contribution in [-0.2, 0) is 28.5 Å². The van der Waals surface area contributed by atoms with Crippen LogP contribution in [0.4, 0.5) is 0 Å². The van der Waals surface area contributed by atoms with Crippen molar-refractivity contribution >= 4 is 48.3 Å². The third-order valence-electron chi connectivity index (χ3n) is 11.7. The zero-order chi connectivity index (χ0) is 42.3. The second-order valence-electron chi connectivity index (χ2n) is 15.9. The fourth-order valence-corrected chi connectivity index (χ4v) is 8.11. The summed E-state index contributed by atoms with van der Waals surface area (Å²) in [7, 11) is -0.642. The molecule has 18 heteroatoms. The fraction of sp³-hybridized carbons (Fsp3) is 0.575. The molecule has 58 heavy (non-hydrogen) atoms. The predicted octanol–water partition coefficient (Wildman–Crippen LogP) is 1.56. The van der Waals surface area contributed by atoms with Crippen LogP contribution in [0.25, 0.3) is 0 Å². The van der Waals surface area contributed by atoms with Crippen molar-refractivity contribution in [2.75, 3.05) is 13.1 Å². The Hall–Kier alpha value is -4.26. The molecule has 4 fully saturated rings. The maximum Gasteiger partial charge on any atom is 0.481 e. The van der Waals surface area contributed by atoms with E-state index in [2.05, 4.69) is 40.4 Å². The molecule has 10 N–H and O–H groups in total. The molecular weight excluding hydrogens is 769 g/mol. The lowest BCUT2D eigenvalue weighted by Gasteiger charge is -2.58. The molecule has 3 saturated carbocycles. The van der Waals surface area contributed by atoms with Crippen molar-refractivity contribution in [3.05, 3.63) is 59.1 Å². The minimum absolute atomic E-state index is 0.0391. The SMILES string of the molecule is CC1[C@@H]2C[C@H]3OB([C@H](C)NC(=O)[C@H](CCCCN)NC(=O)[C@H](C)NC(=O)[C@@H](NC(=O)[C@H](CN)NC(=O)c4ccc(Oc5ccc(Cl)cc5)cc4)[C@@H](C)O)O[C@@]3(C)[C@H]1C2. The summed E-state index contributed by atoms with van der Waals surface area (Å²) >= 11 is 5.92. The average Bonchev–Trinajstić information content (AvgIpc) is 3.57. The minimum atomic E-state index is -1.52. The molecule has 0 spiro atoms. The number of aliphatic hydroxyl groups excluding tert-OH is 1. The number of nitrogens with one attached hydrogen (secondary N) is 5. The third-order valence-corrected chi connectivity index (χ3v) is 11.9. The summed E-state index contributed by atoms with van der Waals surface area (Å²) in [5, 5.41) is 24.2. The Labute approximate surface area is 344 Å². The first-order valence-corrected chi connectivity index (χ1v) is 20.4. The first-order valence-electron chi connectivity index (χ1n) is 20.0. The number of rotatable bonds is 19. The zero-order valence-electron chi connectivity index (χ0n) is 33.7. The van der Waals surface area contributed by atoms with E-state index < -0.39 is 78.5 Å². The van der Waals surface area contributed by atoms with Gasteiger partial charge in [0.05, 0.1) is 23.8 Å². The average molecular weight is 826 g/mol. The number of amides is 5. The lowest BCUT2D eigenvalue weighted by molar-refractivity contribution is -0.152. The Morgan fingerprint density at radius 1 is 0.862 bits per heavy atom. The smallest absolute Gasteiger partial charge is 0.457 e. The molecule has 2 aromatic rings. The topological polar surface area (TPSA) is 245 Å². The van der Waals surface area contributed by atoms with Crippen molar-refractivity contribution < 1.29 is 43.1 Å². The van der Waals surface area contributed by atoms with E-state index in [4.69, 9.17) is 37.1 Å². The number of carbonyl (C=O) groups excluding carboxylic acids is 5. The van der Waals surface area contributed by atoms with Crippen LogP contribution in [0, 0.1) is 17.8 Å². The molecule has 316 valence electrons. The van der Waals surface area contributed by atoms with Gasteiger partial charge in [-0.05, 0) is 133 Å². The van der Waals surface area contributed by atoms with E-state index in [9.17, 15) is 29.1 Å². The van der Waals surface area contributed by atoms with Crippen LogP contribution in [-0.4, -0.2) is 103 Å². The number of ether oxygens (including phenoxy) is 1. The van der Waals surface area contributed by atoms with Gasteiger partial charge >= 0.3 is 7.12 Å². The molecule has 4 aliphatic rings. The number of unbranched alkanes of at least 4 members (excludes halogenated alkanes) is 1. The normalized spacial score (nSPS) is 25.0. The van der Waals surface area contributed by atoms with Gasteiger partial charge in [0, 0.05) is 17.1 Å². The highest BCUT2D eigenvalue weighted by molar-refractivity contribution is 6.47. The summed E-state index contributed by atoms with van der Waals surface area (Å²) in [6, 6.07) is 7.99. The lowest BCUT2D eigenvalue weighted by Crippen LogP contribution is -2.61. The molecule has 2 aromatic carbocycles. The molecule has 16 nitrogen and oxygen atoms in total. The van der Waals surface area contributed by atoms with Gasteiger partial charge in [0.1, 0.15) is 35.7 Å². The van der Waals surface area contributed by atoms with Gasteiger partial charge in [0.15, 0.2) is 0 Å². The van der Waals surface area contributed by atoms with Gasteiger partial charge in [-0.1, -0.05) is 18.5 Å². The Kier molecular flexibility index (Phi) is 15.2. The second-order valence-corrected chi connectivity index (χ2v) is 16.4. The number of carbonyl (C=O) groups is 5. The second kappa shape index (κ2) is 19.7. The van der Waals surface area contributed by atoms with Crippen molar-refractivity contribution in [1.29, 1.82) is 0 Å². The monoisotopic (exact) mass is 825 g/mol. The molecule has 3 aliphatic carbocycles. The van der Waals surface area contributed by atoms with Gasteiger partial charge in [-0.15, -0.1) is 0 Å². The van der Waals surface area contributed by atoms with Crippen LogP contribution in [0.1, 0.15) is 77.1 Å². The van der Waals surface area contributed by atoms with Crippen LogP contribution >= 0.6 is 11.6 Å². The highest BCUT2D eigenvalue weighted by atomic mass is 35.5. The van der Waals surface area contributed by atoms with Crippen LogP contribution in [0.3, 0.4) is 0 Å². The van der Waals surface area contributed by atoms with Gasteiger partial charge in [-0.25, -0.2) is 0 Å². The number of benzene rings is 2. The van der Waals surface area contributed by atoms with Gasteiger partial charge in [-0.3, -0.25) is 24.0 Å². The Morgan fingerprint density at radius 3 is 2.10 bits per heavy atom. The van der Waals surface area contributed by atoms with Gasteiger partial charge in [-0.2, -0.15) is 0 Å². The molecule has 1 heterocycles. The van der Waals surface area contributed by atoms with E-state index in [1.54, 1.807) is 43.3 Å². The number of hydrogen-bond acceptors (Lipinski definition) is 11. The van der Waals surface area contributed by atoms with Gasteiger partial charge in [0.25, 0.3) is 5.91 Å². The van der Waals surface area contributed by atoms with E-state index >= 15 is 0 Å². The van der Waals surface area contributed by atoms with E-state index in [0.29, 0.717) is 53.7 Å². The minimum Gasteiger partial charge on any atom is -0.457 e.